The maximum atomic E-state index is 12.7. The van der Waals surface area contributed by atoms with Crippen molar-refractivity contribution in [3.05, 3.63) is 77.1 Å². The number of hydrogen-bond acceptors (Lipinski definition) is 5. The molecule has 1 aromatic heterocycles. The Balaban J connectivity index is 1.75. The molecular formula is C24H30N4OS. The Bertz CT molecular complexity index is 937. The number of anilines is 1. The van der Waals surface area contributed by atoms with E-state index in [1.165, 1.54) is 22.7 Å². The first-order chi connectivity index (χ1) is 14.4. The predicted molar refractivity (Wildman–Crippen MR) is 124 cm³/mol. The fraction of sp³-hybridized carbons (Fsp3) is 0.375. The molecule has 6 heteroatoms. The Labute approximate surface area is 183 Å². The molecule has 0 bridgehead atoms. The van der Waals surface area contributed by atoms with Gasteiger partial charge in [0.05, 0.1) is 6.54 Å². The molecular weight excluding hydrogens is 392 g/mol. The van der Waals surface area contributed by atoms with Gasteiger partial charge in [-0.15, -0.1) is 0 Å². The summed E-state index contributed by atoms with van der Waals surface area (Å²) in [5, 5.41) is 3.86. The van der Waals surface area contributed by atoms with Gasteiger partial charge in [-0.05, 0) is 30.9 Å². The van der Waals surface area contributed by atoms with Gasteiger partial charge in [0.2, 0.25) is 11.0 Å². The standard InChI is InChI=1S/C24H30N4OS/c1-17(2)19(4)25-23(29)16-28(15-21-8-6-5-7-9-21)24-26-22(27-30-24)14-20-12-10-18(3)11-13-20/h5-13,17,19H,14-16H2,1-4H3,(H,25,29)/t19-/m0/s1. The van der Waals surface area contributed by atoms with Gasteiger partial charge in [-0.2, -0.15) is 4.37 Å². The number of carbonyl (C=O) groups is 1. The molecule has 0 unspecified atom stereocenters. The highest BCUT2D eigenvalue weighted by molar-refractivity contribution is 7.09. The Kier molecular flexibility index (Phi) is 7.57. The molecule has 3 rings (SSSR count). The molecule has 1 atom stereocenters. The van der Waals surface area contributed by atoms with E-state index in [0.29, 0.717) is 18.9 Å². The first-order valence-electron chi connectivity index (χ1n) is 10.4. The van der Waals surface area contributed by atoms with Crippen LogP contribution in [0.4, 0.5) is 5.13 Å². The van der Waals surface area contributed by atoms with Crippen LogP contribution in [-0.4, -0.2) is 27.9 Å². The second-order valence-electron chi connectivity index (χ2n) is 8.10. The molecule has 1 N–H and O–H groups in total. The number of benzene rings is 2. The highest BCUT2D eigenvalue weighted by atomic mass is 32.1. The zero-order valence-electron chi connectivity index (χ0n) is 18.1. The fourth-order valence-electron chi connectivity index (χ4n) is 2.97. The van der Waals surface area contributed by atoms with Crippen molar-refractivity contribution in [2.24, 2.45) is 5.92 Å². The largest absolute Gasteiger partial charge is 0.352 e. The highest BCUT2D eigenvalue weighted by Crippen LogP contribution is 2.21. The summed E-state index contributed by atoms with van der Waals surface area (Å²) in [6, 6.07) is 18.7. The number of aromatic nitrogens is 2. The molecule has 0 aliphatic rings. The molecule has 0 aliphatic carbocycles. The van der Waals surface area contributed by atoms with Crippen LogP contribution in [0.15, 0.2) is 54.6 Å². The lowest BCUT2D eigenvalue weighted by Gasteiger charge is -2.23. The average Bonchev–Trinajstić information content (AvgIpc) is 3.18. The first-order valence-corrected chi connectivity index (χ1v) is 11.1. The Morgan fingerprint density at radius 3 is 2.40 bits per heavy atom. The van der Waals surface area contributed by atoms with Crippen LogP contribution in [0.3, 0.4) is 0 Å². The number of nitrogens with one attached hydrogen (secondary N) is 1. The third kappa shape index (κ3) is 6.39. The molecule has 30 heavy (non-hydrogen) atoms. The SMILES string of the molecule is Cc1ccc(Cc2nsc(N(CC(=O)N[C@@H](C)C(C)C)Cc3ccccc3)n2)cc1. The molecule has 0 saturated heterocycles. The van der Waals surface area contributed by atoms with E-state index in [0.717, 1.165) is 16.5 Å². The van der Waals surface area contributed by atoms with Crippen molar-refractivity contribution in [3.8, 4) is 0 Å². The average molecular weight is 423 g/mol. The summed E-state index contributed by atoms with van der Waals surface area (Å²) in [7, 11) is 0. The Morgan fingerprint density at radius 1 is 1.03 bits per heavy atom. The van der Waals surface area contributed by atoms with E-state index < -0.39 is 0 Å². The van der Waals surface area contributed by atoms with Crippen LogP contribution in [0, 0.1) is 12.8 Å². The van der Waals surface area contributed by atoms with Crippen LogP contribution in [0.1, 0.15) is 43.3 Å². The smallest absolute Gasteiger partial charge is 0.239 e. The number of rotatable bonds is 9. The van der Waals surface area contributed by atoms with Gasteiger partial charge in [0.1, 0.15) is 5.82 Å². The van der Waals surface area contributed by atoms with Crippen molar-refractivity contribution in [3.63, 3.8) is 0 Å². The van der Waals surface area contributed by atoms with E-state index in [9.17, 15) is 4.79 Å². The van der Waals surface area contributed by atoms with Crippen molar-refractivity contribution in [1.29, 1.82) is 0 Å². The van der Waals surface area contributed by atoms with Crippen LogP contribution in [-0.2, 0) is 17.8 Å². The Hall–Kier alpha value is -2.73. The minimum absolute atomic E-state index is 0.00224. The molecule has 1 heterocycles. The van der Waals surface area contributed by atoms with Crippen LogP contribution >= 0.6 is 11.5 Å². The summed E-state index contributed by atoms with van der Waals surface area (Å²) in [6.07, 6.45) is 0.687. The highest BCUT2D eigenvalue weighted by Gasteiger charge is 2.19. The molecule has 1 amide bonds. The monoisotopic (exact) mass is 422 g/mol. The lowest BCUT2D eigenvalue weighted by molar-refractivity contribution is -0.120. The predicted octanol–water partition coefficient (Wildman–Crippen LogP) is 4.60. The van der Waals surface area contributed by atoms with Gasteiger partial charge < -0.3 is 10.2 Å². The van der Waals surface area contributed by atoms with Gasteiger partial charge in [-0.1, -0.05) is 74.0 Å². The summed E-state index contributed by atoms with van der Waals surface area (Å²) in [4.78, 5) is 19.4. The third-order valence-corrected chi connectivity index (χ3v) is 5.96. The molecule has 5 nitrogen and oxygen atoms in total. The van der Waals surface area contributed by atoms with E-state index in [2.05, 4.69) is 66.9 Å². The summed E-state index contributed by atoms with van der Waals surface area (Å²) < 4.78 is 4.55. The normalized spacial score (nSPS) is 12.0. The molecule has 3 aromatic rings. The summed E-state index contributed by atoms with van der Waals surface area (Å²) >= 11 is 1.35. The molecule has 0 fully saturated rings. The molecule has 0 aliphatic heterocycles. The number of hydrogen-bond donors (Lipinski definition) is 1. The minimum atomic E-state index is 0.00224. The third-order valence-electron chi connectivity index (χ3n) is 5.15. The van der Waals surface area contributed by atoms with Gasteiger partial charge in [0, 0.05) is 30.5 Å². The molecule has 0 saturated carbocycles. The lowest BCUT2D eigenvalue weighted by atomic mass is 10.1. The lowest BCUT2D eigenvalue weighted by Crippen LogP contribution is -2.42. The van der Waals surface area contributed by atoms with E-state index in [1.807, 2.05) is 30.0 Å². The number of nitrogens with zero attached hydrogens (tertiary/aromatic N) is 3. The second kappa shape index (κ2) is 10.3. The topological polar surface area (TPSA) is 58.1 Å². The molecule has 2 aromatic carbocycles. The van der Waals surface area contributed by atoms with Gasteiger partial charge in [0.15, 0.2) is 0 Å². The van der Waals surface area contributed by atoms with Crippen molar-refractivity contribution in [2.75, 3.05) is 11.4 Å². The van der Waals surface area contributed by atoms with Crippen LogP contribution in [0.2, 0.25) is 0 Å². The van der Waals surface area contributed by atoms with E-state index in [4.69, 9.17) is 4.98 Å². The van der Waals surface area contributed by atoms with Crippen molar-refractivity contribution in [2.45, 2.75) is 46.7 Å². The van der Waals surface area contributed by atoms with Gasteiger partial charge >= 0.3 is 0 Å². The van der Waals surface area contributed by atoms with Crippen LogP contribution in [0.25, 0.3) is 0 Å². The molecule has 0 spiro atoms. The number of carbonyl (C=O) groups excluding carboxylic acids is 1. The van der Waals surface area contributed by atoms with Crippen molar-refractivity contribution in [1.82, 2.24) is 14.7 Å². The van der Waals surface area contributed by atoms with Crippen LogP contribution < -0.4 is 10.2 Å². The van der Waals surface area contributed by atoms with Crippen LogP contribution in [0.5, 0.6) is 0 Å². The first kappa shape index (κ1) is 22.0. The van der Waals surface area contributed by atoms with Gasteiger partial charge in [0.25, 0.3) is 0 Å². The maximum absolute atomic E-state index is 12.7. The summed E-state index contributed by atoms with van der Waals surface area (Å²) in [5.41, 5.74) is 3.56. The quantitative estimate of drug-likeness (QED) is 0.547. The van der Waals surface area contributed by atoms with Crippen molar-refractivity contribution < 1.29 is 4.79 Å². The maximum Gasteiger partial charge on any atom is 0.239 e. The summed E-state index contributed by atoms with van der Waals surface area (Å²) in [6.45, 7) is 9.20. The summed E-state index contributed by atoms with van der Waals surface area (Å²) in [5.74, 6) is 1.18. The fourth-order valence-corrected chi connectivity index (χ4v) is 3.65. The van der Waals surface area contributed by atoms with Gasteiger partial charge in [-0.3, -0.25) is 4.79 Å². The molecule has 158 valence electrons. The van der Waals surface area contributed by atoms with E-state index >= 15 is 0 Å². The van der Waals surface area contributed by atoms with E-state index in [1.54, 1.807) is 0 Å². The Morgan fingerprint density at radius 2 is 1.73 bits per heavy atom. The number of aryl methyl sites for hydroxylation is 1. The number of amides is 1. The molecule has 0 radical (unpaired) electrons. The minimum Gasteiger partial charge on any atom is -0.352 e. The second-order valence-corrected chi connectivity index (χ2v) is 8.83. The zero-order valence-corrected chi connectivity index (χ0v) is 18.9. The van der Waals surface area contributed by atoms with Gasteiger partial charge in [-0.25, -0.2) is 4.98 Å². The zero-order chi connectivity index (χ0) is 21.5. The van der Waals surface area contributed by atoms with Crippen molar-refractivity contribution >= 4 is 22.6 Å². The van der Waals surface area contributed by atoms with E-state index in [-0.39, 0.29) is 18.5 Å².